The summed E-state index contributed by atoms with van der Waals surface area (Å²) in [7, 11) is -3.85. The number of anilines is 2. The maximum Gasteiger partial charge on any atom is 0.250 e. The van der Waals surface area contributed by atoms with E-state index in [1.54, 1.807) is 13.0 Å². The van der Waals surface area contributed by atoms with Gasteiger partial charge in [0.05, 0.1) is 17.0 Å². The molecule has 0 aliphatic carbocycles. The summed E-state index contributed by atoms with van der Waals surface area (Å²) in [5.41, 5.74) is 1.00. The van der Waals surface area contributed by atoms with Gasteiger partial charge in [0, 0.05) is 10.6 Å². The van der Waals surface area contributed by atoms with Crippen molar-refractivity contribution < 1.29 is 13.2 Å². The van der Waals surface area contributed by atoms with E-state index in [0.29, 0.717) is 10.0 Å². The van der Waals surface area contributed by atoms with Gasteiger partial charge in [0.15, 0.2) is 0 Å². The van der Waals surface area contributed by atoms with Crippen LogP contribution in [0.3, 0.4) is 0 Å². The van der Waals surface area contributed by atoms with E-state index in [9.17, 15) is 13.2 Å². The highest BCUT2D eigenvalue weighted by Crippen LogP contribution is 2.33. The first-order valence-electron chi connectivity index (χ1n) is 8.85. The van der Waals surface area contributed by atoms with Crippen LogP contribution in [-0.4, -0.2) is 36.8 Å². The third-order valence-corrected chi connectivity index (χ3v) is 6.76. The highest BCUT2D eigenvalue weighted by Gasteiger charge is 2.33. The van der Waals surface area contributed by atoms with Crippen LogP contribution in [0.1, 0.15) is 13.3 Å². The topological polar surface area (TPSA) is 92.3 Å². The van der Waals surface area contributed by atoms with Crippen LogP contribution in [-0.2, 0) is 14.8 Å². The van der Waals surface area contributed by atoms with Gasteiger partial charge in [-0.1, -0.05) is 71.8 Å². The average Bonchev–Trinajstić information content (AvgIpc) is 3.16. The summed E-state index contributed by atoms with van der Waals surface area (Å²) in [6.07, 6.45) is 1.21. The first-order valence-corrected chi connectivity index (χ1v) is 12.3. The van der Waals surface area contributed by atoms with Crippen LogP contribution < -0.4 is 9.62 Å². The molecule has 1 heterocycles. The number of rotatable bonds is 7. The normalized spacial score (nSPS) is 12.4. The second-order valence-corrected chi connectivity index (χ2v) is 10.0. The second kappa shape index (κ2) is 9.30. The Bertz CT molecular complexity index is 1150. The van der Waals surface area contributed by atoms with Crippen molar-refractivity contribution in [2.75, 3.05) is 15.9 Å². The number of nitrogens with one attached hydrogen (secondary N) is 1. The minimum Gasteiger partial charge on any atom is -0.299 e. The number of hydrogen-bond acceptors (Lipinski definition) is 6. The molecule has 0 aliphatic rings. The third-order valence-electron chi connectivity index (χ3n) is 4.15. The number of benzene rings is 2. The molecule has 3 rings (SSSR count). The zero-order valence-corrected chi connectivity index (χ0v) is 19.2. The zero-order valence-electron chi connectivity index (χ0n) is 16.0. The van der Waals surface area contributed by atoms with Crippen LogP contribution >= 0.6 is 34.5 Å². The van der Waals surface area contributed by atoms with Gasteiger partial charge in [0.1, 0.15) is 11.0 Å². The van der Waals surface area contributed by atoms with Crippen molar-refractivity contribution in [2.45, 2.75) is 19.4 Å². The van der Waals surface area contributed by atoms with Crippen molar-refractivity contribution >= 4 is 61.3 Å². The van der Waals surface area contributed by atoms with Crippen molar-refractivity contribution in [3.63, 3.8) is 0 Å². The van der Waals surface area contributed by atoms with Crippen LogP contribution in [0, 0.1) is 0 Å². The van der Waals surface area contributed by atoms with E-state index in [2.05, 4.69) is 15.5 Å². The maximum absolute atomic E-state index is 13.0. The number of sulfonamides is 1. The summed E-state index contributed by atoms with van der Waals surface area (Å²) in [4.78, 5) is 13.0. The monoisotopic (exact) mass is 484 g/mol. The van der Waals surface area contributed by atoms with Crippen molar-refractivity contribution in [1.82, 2.24) is 10.2 Å². The number of nitrogens with zero attached hydrogens (tertiary/aromatic N) is 3. The van der Waals surface area contributed by atoms with Gasteiger partial charge in [-0.2, -0.15) is 0 Å². The summed E-state index contributed by atoms with van der Waals surface area (Å²) in [5.74, 6) is -0.547. The van der Waals surface area contributed by atoms with E-state index in [4.69, 9.17) is 23.2 Å². The fraction of sp³-hybridized carbons (Fsp3) is 0.211. The molecule has 0 saturated carbocycles. The third kappa shape index (κ3) is 5.10. The zero-order chi connectivity index (χ0) is 21.9. The molecule has 1 aromatic heterocycles. The quantitative estimate of drug-likeness (QED) is 0.524. The Morgan fingerprint density at radius 1 is 1.17 bits per heavy atom. The highest BCUT2D eigenvalue weighted by atomic mass is 35.5. The largest absolute Gasteiger partial charge is 0.299 e. The van der Waals surface area contributed by atoms with E-state index < -0.39 is 22.0 Å². The summed E-state index contributed by atoms with van der Waals surface area (Å²) in [5, 5.41) is 12.1. The Balaban J connectivity index is 1.90. The SMILES string of the molecule is CC[C@H](C(=O)Nc1nnc(-c2ccccc2)s1)N(c1cc(Cl)ccc1Cl)S(C)(=O)=O. The predicted molar refractivity (Wildman–Crippen MR) is 122 cm³/mol. The number of carbonyl (C=O) groups excluding carboxylic acids is 1. The first-order chi connectivity index (χ1) is 14.2. The molecule has 1 amide bonds. The van der Waals surface area contributed by atoms with E-state index >= 15 is 0 Å². The van der Waals surface area contributed by atoms with Gasteiger partial charge in [0.2, 0.25) is 21.1 Å². The molecule has 1 atom stereocenters. The molecule has 0 radical (unpaired) electrons. The standard InChI is InChI=1S/C19H18Cl2N4O3S2/c1-3-15(25(30(2,27)28)16-11-13(20)9-10-14(16)21)17(26)22-19-24-23-18(29-19)12-7-5-4-6-8-12/h4-11,15H,3H2,1-2H3,(H,22,24,26)/t15-/m1/s1. The van der Waals surface area contributed by atoms with Gasteiger partial charge < -0.3 is 0 Å². The Morgan fingerprint density at radius 2 is 1.87 bits per heavy atom. The molecule has 11 heteroatoms. The van der Waals surface area contributed by atoms with Crippen LogP contribution in [0.25, 0.3) is 10.6 Å². The highest BCUT2D eigenvalue weighted by molar-refractivity contribution is 7.92. The van der Waals surface area contributed by atoms with E-state index in [1.807, 2.05) is 30.3 Å². The van der Waals surface area contributed by atoms with E-state index in [0.717, 1.165) is 16.1 Å². The Hall–Kier alpha value is -2.20. The maximum atomic E-state index is 13.0. The number of amides is 1. The number of aromatic nitrogens is 2. The van der Waals surface area contributed by atoms with Crippen molar-refractivity contribution in [3.8, 4) is 10.6 Å². The molecule has 3 aromatic rings. The Labute approximate surface area is 188 Å². The lowest BCUT2D eigenvalue weighted by atomic mass is 10.2. The summed E-state index contributed by atoms with van der Waals surface area (Å²) in [6.45, 7) is 1.70. The van der Waals surface area contributed by atoms with E-state index in [-0.39, 0.29) is 22.3 Å². The van der Waals surface area contributed by atoms with Gasteiger partial charge in [-0.3, -0.25) is 14.4 Å². The molecule has 0 bridgehead atoms. The van der Waals surface area contributed by atoms with Crippen molar-refractivity contribution in [3.05, 3.63) is 58.6 Å². The van der Waals surface area contributed by atoms with Crippen molar-refractivity contribution in [2.24, 2.45) is 0 Å². The van der Waals surface area contributed by atoms with Gasteiger partial charge in [-0.25, -0.2) is 8.42 Å². The summed E-state index contributed by atoms with van der Waals surface area (Å²) < 4.78 is 26.1. The lowest BCUT2D eigenvalue weighted by Gasteiger charge is -2.30. The molecule has 2 aromatic carbocycles. The molecular formula is C19H18Cl2N4O3S2. The predicted octanol–water partition coefficient (Wildman–Crippen LogP) is 4.70. The van der Waals surface area contributed by atoms with Crippen molar-refractivity contribution in [1.29, 1.82) is 0 Å². The summed E-state index contributed by atoms with van der Waals surface area (Å²) >= 11 is 13.4. The lowest BCUT2D eigenvalue weighted by molar-refractivity contribution is -0.117. The molecule has 0 spiro atoms. The molecule has 158 valence electrons. The van der Waals surface area contributed by atoms with Gasteiger partial charge in [-0.15, -0.1) is 10.2 Å². The van der Waals surface area contributed by atoms with Crippen LogP contribution in [0.4, 0.5) is 10.8 Å². The Kier molecular flexibility index (Phi) is 6.97. The molecule has 0 unspecified atom stereocenters. The molecule has 1 N–H and O–H groups in total. The minimum absolute atomic E-state index is 0.135. The average molecular weight is 485 g/mol. The molecule has 7 nitrogen and oxygen atoms in total. The fourth-order valence-electron chi connectivity index (χ4n) is 2.85. The van der Waals surface area contributed by atoms with Gasteiger partial charge in [0.25, 0.3) is 0 Å². The smallest absolute Gasteiger partial charge is 0.250 e. The van der Waals surface area contributed by atoms with E-state index in [1.165, 1.54) is 23.5 Å². The second-order valence-electron chi connectivity index (χ2n) is 6.35. The minimum atomic E-state index is -3.85. The molecular weight excluding hydrogens is 467 g/mol. The lowest BCUT2D eigenvalue weighted by Crippen LogP contribution is -2.47. The fourth-order valence-corrected chi connectivity index (χ4v) is 5.24. The van der Waals surface area contributed by atoms with Crippen LogP contribution in [0.5, 0.6) is 0 Å². The van der Waals surface area contributed by atoms with Crippen LogP contribution in [0.15, 0.2) is 48.5 Å². The molecule has 0 aliphatic heterocycles. The Morgan fingerprint density at radius 3 is 2.50 bits per heavy atom. The summed E-state index contributed by atoms with van der Waals surface area (Å²) in [6, 6.07) is 12.8. The number of halogens is 2. The molecule has 30 heavy (non-hydrogen) atoms. The van der Waals surface area contributed by atoms with Gasteiger partial charge >= 0.3 is 0 Å². The first kappa shape index (κ1) is 22.5. The van der Waals surface area contributed by atoms with Crippen LogP contribution in [0.2, 0.25) is 10.0 Å². The molecule has 0 saturated heterocycles. The van der Waals surface area contributed by atoms with Gasteiger partial charge in [-0.05, 0) is 24.6 Å². The number of hydrogen-bond donors (Lipinski definition) is 1. The number of carbonyl (C=O) groups is 1. The molecule has 0 fully saturated rings.